The molecule has 0 aromatic heterocycles. The van der Waals surface area contributed by atoms with Gasteiger partial charge >= 0.3 is 30.0 Å². The molecule has 186 valence electrons. The van der Waals surface area contributed by atoms with E-state index in [1.165, 1.54) is 0 Å². The molecule has 0 saturated carbocycles. The standard InChI is InChI=1S/C17H15NO4.C4H4O4.C2H5NO2/c19-16(20)9-18-17(21)22-10-15-13-7-3-1-5-11(13)12-6-2-4-8-14(12)15;5-3(6)1-2-4(7)8;3-1-2(4)5/h1-8,15H,9-10H2,(H,18,21)(H,19,20);1-2H,(H,5,6)(H,7,8);1,3H2,(H,4,5)/b;2-1+;/i/hD2. The van der Waals surface area contributed by atoms with Gasteiger partial charge in [-0.2, -0.15) is 0 Å². The Morgan fingerprint density at radius 1 is 0.857 bits per heavy atom. The van der Waals surface area contributed by atoms with E-state index in [1.807, 2.05) is 36.4 Å². The number of carboxylic acid groups (broad SMARTS) is 4. The van der Waals surface area contributed by atoms with Crippen molar-refractivity contribution in [3.05, 3.63) is 71.8 Å². The lowest BCUT2D eigenvalue weighted by Gasteiger charge is -2.14. The number of ether oxygens (including phenoxy) is 1. The van der Waals surface area contributed by atoms with Crippen LogP contribution in [0.15, 0.2) is 60.7 Å². The highest BCUT2D eigenvalue weighted by atomic mass is 16.5. The van der Waals surface area contributed by atoms with Crippen LogP contribution in [-0.2, 0) is 23.9 Å². The maximum absolute atomic E-state index is 11.5. The Hall–Kier alpha value is -4.71. The maximum Gasteiger partial charge on any atom is 0.407 e. The van der Waals surface area contributed by atoms with Crippen LogP contribution < -0.4 is 11.0 Å². The van der Waals surface area contributed by atoms with Crippen LogP contribution in [0.25, 0.3) is 11.1 Å². The topological polar surface area (TPSA) is 214 Å². The monoisotopic (exact) mass is 490 g/mol. The Balaban J connectivity index is 0.000000378. The number of carbonyl (C=O) groups excluding carboxylic acids is 1. The molecule has 0 radical (unpaired) electrons. The summed E-state index contributed by atoms with van der Waals surface area (Å²) in [4.78, 5) is 50.6. The molecule has 7 N–H and O–H groups in total. The Kier molecular flexibility index (Phi) is 10.3. The zero-order chi connectivity index (χ0) is 28.0. The fourth-order valence-corrected chi connectivity index (χ4v) is 2.94. The summed E-state index contributed by atoms with van der Waals surface area (Å²) in [6.07, 6.45) is 0.397. The molecule has 0 fully saturated rings. The van der Waals surface area contributed by atoms with Gasteiger partial charge in [0.25, 0.3) is 0 Å². The molecule has 2 aromatic carbocycles. The summed E-state index contributed by atoms with van der Waals surface area (Å²) in [6, 6.07) is 16.1. The number of aliphatic carboxylic acids is 4. The van der Waals surface area contributed by atoms with Crippen LogP contribution in [-0.4, -0.2) is 70.1 Å². The van der Waals surface area contributed by atoms with Crippen molar-refractivity contribution in [2.75, 3.05) is 19.7 Å². The third-order valence-corrected chi connectivity index (χ3v) is 4.23. The van der Waals surface area contributed by atoms with Gasteiger partial charge in [-0.05, 0) is 22.3 Å². The molecule has 1 aliphatic carbocycles. The average Bonchev–Trinajstić information content (AvgIpc) is 3.14. The van der Waals surface area contributed by atoms with Crippen LogP contribution in [0.5, 0.6) is 0 Å². The largest absolute Gasteiger partial charge is 0.480 e. The number of nitrogens with two attached hydrogens (primary N) is 1. The van der Waals surface area contributed by atoms with Gasteiger partial charge < -0.3 is 36.2 Å². The first-order chi connectivity index (χ1) is 17.4. The quantitative estimate of drug-likeness (QED) is 0.290. The fourth-order valence-electron chi connectivity index (χ4n) is 2.94. The van der Waals surface area contributed by atoms with Crippen molar-refractivity contribution in [1.29, 1.82) is 0 Å². The molecule has 1 amide bonds. The number of amides is 1. The molecule has 35 heavy (non-hydrogen) atoms. The molecule has 0 aliphatic heterocycles. The minimum absolute atomic E-state index is 0.0250. The molecule has 12 nitrogen and oxygen atoms in total. The van der Waals surface area contributed by atoms with E-state index in [2.05, 4.69) is 17.4 Å². The molecular formula is C23H24N2O10. The van der Waals surface area contributed by atoms with Gasteiger partial charge in [-0.3, -0.25) is 9.59 Å². The van der Waals surface area contributed by atoms with E-state index in [0.29, 0.717) is 12.2 Å². The lowest BCUT2D eigenvalue weighted by atomic mass is 9.98. The van der Waals surface area contributed by atoms with Crippen molar-refractivity contribution in [1.82, 2.24) is 5.32 Å². The van der Waals surface area contributed by atoms with Crippen LogP contribution in [0.4, 0.5) is 4.79 Å². The summed E-state index contributed by atoms with van der Waals surface area (Å²) in [7, 11) is 0. The highest BCUT2D eigenvalue weighted by Crippen LogP contribution is 2.44. The van der Waals surface area contributed by atoms with E-state index < -0.39 is 43.1 Å². The van der Waals surface area contributed by atoms with Gasteiger partial charge in [0.2, 0.25) is 0 Å². The van der Waals surface area contributed by atoms with E-state index in [1.54, 1.807) is 0 Å². The molecule has 3 rings (SSSR count). The van der Waals surface area contributed by atoms with Gasteiger partial charge in [0.15, 0.2) is 0 Å². The number of carbonyl (C=O) groups is 5. The molecular weight excluding hydrogens is 464 g/mol. The number of fused-ring (bicyclic) bond motifs is 3. The van der Waals surface area contributed by atoms with Crippen LogP contribution in [0, 0.1) is 0 Å². The molecule has 1 aliphatic rings. The molecule has 0 saturated heterocycles. The second kappa shape index (κ2) is 14.4. The van der Waals surface area contributed by atoms with Gasteiger partial charge in [-0.15, -0.1) is 0 Å². The lowest BCUT2D eigenvalue weighted by Crippen LogP contribution is -2.30. The number of rotatable bonds is 8. The summed E-state index contributed by atoms with van der Waals surface area (Å²) < 4.78 is 17.6. The highest BCUT2D eigenvalue weighted by Gasteiger charge is 2.28. The normalized spacial score (nSPS) is 11.9. The fraction of sp³-hybridized carbons (Fsp3) is 0.174. The first kappa shape index (κ1) is 24.9. The minimum atomic E-state index is -1.26. The van der Waals surface area contributed by atoms with Gasteiger partial charge in [-0.1, -0.05) is 48.5 Å². The first-order valence-electron chi connectivity index (χ1n) is 10.7. The van der Waals surface area contributed by atoms with E-state index in [4.69, 9.17) is 28.0 Å². The molecule has 0 bridgehead atoms. The van der Waals surface area contributed by atoms with Crippen molar-refractivity contribution in [2.24, 2.45) is 5.72 Å². The molecule has 2 aromatic rings. The first-order valence-corrected chi connectivity index (χ1v) is 9.84. The number of carboxylic acids is 4. The summed E-state index contributed by atoms with van der Waals surface area (Å²) in [5, 5.41) is 34.2. The number of hydrogen-bond acceptors (Lipinski definition) is 7. The van der Waals surface area contributed by atoms with Crippen molar-refractivity contribution in [3.63, 3.8) is 0 Å². The summed E-state index contributed by atoms with van der Waals surface area (Å²) in [5.74, 6) is -4.80. The summed E-state index contributed by atoms with van der Waals surface area (Å²) in [6.45, 7) is -0.823. The maximum atomic E-state index is 11.5. The van der Waals surface area contributed by atoms with Gasteiger partial charge in [-0.25, -0.2) is 14.4 Å². The SMILES string of the molecule is O=C(O)/C=C/C(=O)O.O=C(O)CNC(=O)OCC1c2ccccc2-c2ccccc21.[2H]N([2H])CC(=O)O. The Bertz CT molecular complexity index is 1090. The second-order valence-electron chi connectivity index (χ2n) is 6.63. The Labute approximate surface area is 202 Å². The zero-order valence-corrected chi connectivity index (χ0v) is 18.2. The third-order valence-electron chi connectivity index (χ3n) is 4.23. The van der Waals surface area contributed by atoms with Crippen molar-refractivity contribution < 1.29 is 52.0 Å². The summed E-state index contributed by atoms with van der Waals surface area (Å²) >= 11 is 0. The van der Waals surface area contributed by atoms with Gasteiger partial charge in [0, 0.05) is 18.1 Å². The number of hydrogen-bond donors (Lipinski definition) is 6. The van der Waals surface area contributed by atoms with E-state index in [9.17, 15) is 24.0 Å². The van der Waals surface area contributed by atoms with E-state index >= 15 is 0 Å². The Morgan fingerprint density at radius 2 is 1.34 bits per heavy atom. The molecule has 12 heteroatoms. The van der Waals surface area contributed by atoms with Crippen molar-refractivity contribution >= 4 is 30.0 Å². The summed E-state index contributed by atoms with van der Waals surface area (Å²) in [5.41, 5.74) is 4.64. The average molecular weight is 490 g/mol. The number of alkyl carbamates (subject to hydrolysis) is 1. The van der Waals surface area contributed by atoms with E-state index in [0.717, 1.165) is 22.3 Å². The smallest absolute Gasteiger partial charge is 0.407 e. The molecule has 0 spiro atoms. The third kappa shape index (κ3) is 10.2. The van der Waals surface area contributed by atoms with Crippen molar-refractivity contribution in [2.45, 2.75) is 5.92 Å². The minimum Gasteiger partial charge on any atom is -0.480 e. The predicted molar refractivity (Wildman–Crippen MR) is 122 cm³/mol. The van der Waals surface area contributed by atoms with Crippen LogP contribution >= 0.6 is 0 Å². The second-order valence-corrected chi connectivity index (χ2v) is 6.63. The predicted octanol–water partition coefficient (Wildman–Crippen LogP) is 1.35. The van der Waals surface area contributed by atoms with Gasteiger partial charge in [0.05, 0.1) is 6.54 Å². The van der Waals surface area contributed by atoms with Crippen molar-refractivity contribution in [3.8, 4) is 11.1 Å². The zero-order valence-electron chi connectivity index (χ0n) is 20.2. The number of benzene rings is 2. The Morgan fingerprint density at radius 3 is 1.71 bits per heavy atom. The number of nitrogens with one attached hydrogen (secondary N) is 1. The molecule has 0 heterocycles. The van der Waals surface area contributed by atoms with Crippen LogP contribution in [0.3, 0.4) is 0 Å². The molecule has 0 atom stereocenters. The molecule has 0 unspecified atom stereocenters. The van der Waals surface area contributed by atoms with Crippen LogP contribution in [0.2, 0.25) is 2.82 Å². The highest BCUT2D eigenvalue weighted by molar-refractivity contribution is 5.89. The van der Waals surface area contributed by atoms with E-state index in [-0.39, 0.29) is 18.2 Å². The van der Waals surface area contributed by atoms with Crippen LogP contribution in [0.1, 0.15) is 17.0 Å². The lowest BCUT2D eigenvalue weighted by molar-refractivity contribution is -0.136. The van der Waals surface area contributed by atoms with Gasteiger partial charge in [0.1, 0.15) is 16.0 Å².